The molecular weight excluding hydrogens is 424 g/mol. The van der Waals surface area contributed by atoms with Crippen molar-refractivity contribution in [2.24, 2.45) is 0 Å². The van der Waals surface area contributed by atoms with Gasteiger partial charge in [0.2, 0.25) is 0 Å². The minimum atomic E-state index is -0.366. The molecule has 5 rings (SSSR count). The first-order chi connectivity index (χ1) is 16.2. The van der Waals surface area contributed by atoms with Gasteiger partial charge in [0, 0.05) is 24.1 Å². The smallest absolute Gasteiger partial charge is 0.336 e. The zero-order valence-electron chi connectivity index (χ0n) is 17.8. The molecule has 0 aliphatic rings. The van der Waals surface area contributed by atoms with Gasteiger partial charge in [0.05, 0.1) is 12.8 Å². The molecule has 0 saturated carbocycles. The highest BCUT2D eigenvalue weighted by molar-refractivity contribution is 5.77. The first-order valence-electron chi connectivity index (χ1n) is 10.7. The molecule has 0 aliphatic heterocycles. The summed E-state index contributed by atoms with van der Waals surface area (Å²) in [5, 5.41) is 17.2. The summed E-state index contributed by atoms with van der Waals surface area (Å²) in [5.74, 6) is 0.693. The number of benzene rings is 2. The van der Waals surface area contributed by atoms with Gasteiger partial charge in [-0.2, -0.15) is 0 Å². The third-order valence-electron chi connectivity index (χ3n) is 5.14. The second-order valence-electron chi connectivity index (χ2n) is 7.56. The van der Waals surface area contributed by atoms with E-state index in [1.165, 1.54) is 10.9 Å². The fourth-order valence-corrected chi connectivity index (χ4v) is 3.46. The number of aryl methyl sites for hydroxylation is 1. The molecule has 0 unspecified atom stereocenters. The molecule has 10 heteroatoms. The Morgan fingerprint density at radius 1 is 0.939 bits per heavy atom. The number of aromatic nitrogens is 6. The number of rotatable bonds is 10. The molecule has 0 fully saturated rings. The van der Waals surface area contributed by atoms with Crippen LogP contribution in [-0.4, -0.2) is 36.8 Å². The second kappa shape index (κ2) is 9.51. The standard InChI is InChI=1S/C23H22N6O4/c30-23-11-9-17-8-10-19(14-22(17)33-23)31-13-5-1-4-12-28-15-18(24-26-28)16-32-29-21-7-3-2-6-20(21)25-27-29/h2-3,6-11,14-15H,1,4-5,12-13,16H2. The average Bonchev–Trinajstić information content (AvgIpc) is 3.46. The van der Waals surface area contributed by atoms with E-state index in [0.717, 1.165) is 47.9 Å². The fourth-order valence-electron chi connectivity index (χ4n) is 3.46. The van der Waals surface area contributed by atoms with E-state index in [1.54, 1.807) is 12.1 Å². The largest absolute Gasteiger partial charge is 0.493 e. The Balaban J connectivity index is 1.03. The minimum Gasteiger partial charge on any atom is -0.493 e. The van der Waals surface area contributed by atoms with Crippen molar-refractivity contribution in [2.45, 2.75) is 32.4 Å². The molecule has 3 aromatic heterocycles. The van der Waals surface area contributed by atoms with Gasteiger partial charge in [0.25, 0.3) is 0 Å². The van der Waals surface area contributed by atoms with Crippen LogP contribution in [0.4, 0.5) is 0 Å². The molecule has 0 amide bonds. The van der Waals surface area contributed by atoms with Crippen molar-refractivity contribution < 1.29 is 14.0 Å². The third kappa shape index (κ3) is 5.00. The summed E-state index contributed by atoms with van der Waals surface area (Å²) in [6, 6.07) is 16.2. The van der Waals surface area contributed by atoms with Crippen LogP contribution in [0.5, 0.6) is 5.75 Å². The number of fused-ring (bicyclic) bond motifs is 2. The molecule has 0 spiro atoms. The van der Waals surface area contributed by atoms with Crippen molar-refractivity contribution in [3.63, 3.8) is 0 Å². The van der Waals surface area contributed by atoms with E-state index in [9.17, 15) is 4.79 Å². The Labute approximate surface area is 188 Å². The number of hydrogen-bond acceptors (Lipinski definition) is 8. The van der Waals surface area contributed by atoms with Crippen molar-refractivity contribution in [2.75, 3.05) is 6.61 Å². The number of para-hydroxylation sites is 1. The van der Waals surface area contributed by atoms with Crippen molar-refractivity contribution in [1.82, 2.24) is 30.2 Å². The summed E-state index contributed by atoms with van der Waals surface area (Å²) >= 11 is 0. The third-order valence-corrected chi connectivity index (χ3v) is 5.14. The molecule has 2 aromatic carbocycles. The topological polar surface area (TPSA) is 110 Å². The molecule has 0 atom stereocenters. The van der Waals surface area contributed by atoms with Gasteiger partial charge in [-0.25, -0.2) is 4.79 Å². The summed E-state index contributed by atoms with van der Waals surface area (Å²) in [4.78, 5) is 18.4. The lowest BCUT2D eigenvalue weighted by atomic mass is 10.2. The van der Waals surface area contributed by atoms with Gasteiger partial charge in [-0.05, 0) is 54.8 Å². The highest BCUT2D eigenvalue weighted by atomic mass is 16.7. The summed E-state index contributed by atoms with van der Waals surface area (Å²) in [6.07, 6.45) is 4.71. The Morgan fingerprint density at radius 2 is 1.85 bits per heavy atom. The van der Waals surface area contributed by atoms with Gasteiger partial charge in [0.1, 0.15) is 28.1 Å². The van der Waals surface area contributed by atoms with Gasteiger partial charge < -0.3 is 14.0 Å². The molecule has 0 N–H and O–H groups in total. The molecule has 10 nitrogen and oxygen atoms in total. The number of nitrogens with zero attached hydrogens (tertiary/aromatic N) is 6. The van der Waals surface area contributed by atoms with E-state index in [-0.39, 0.29) is 12.2 Å². The zero-order valence-corrected chi connectivity index (χ0v) is 17.8. The average molecular weight is 446 g/mol. The van der Waals surface area contributed by atoms with Gasteiger partial charge in [-0.1, -0.05) is 22.2 Å². The Kier molecular flexibility index (Phi) is 5.96. The lowest BCUT2D eigenvalue weighted by Gasteiger charge is -2.07. The molecule has 33 heavy (non-hydrogen) atoms. The van der Waals surface area contributed by atoms with Crippen LogP contribution in [0.3, 0.4) is 0 Å². The van der Waals surface area contributed by atoms with E-state index in [4.69, 9.17) is 14.0 Å². The van der Waals surface area contributed by atoms with Crippen molar-refractivity contribution in [3.8, 4) is 5.75 Å². The monoisotopic (exact) mass is 446 g/mol. The highest BCUT2D eigenvalue weighted by Gasteiger charge is 2.07. The Hall–Kier alpha value is -4.21. The summed E-state index contributed by atoms with van der Waals surface area (Å²) in [6.45, 7) is 1.61. The van der Waals surface area contributed by atoms with E-state index >= 15 is 0 Å². The number of ether oxygens (including phenoxy) is 1. The Morgan fingerprint density at radius 3 is 2.82 bits per heavy atom. The van der Waals surface area contributed by atoms with Crippen LogP contribution in [0.25, 0.3) is 22.0 Å². The maximum Gasteiger partial charge on any atom is 0.336 e. The predicted octanol–water partition coefficient (Wildman–Crippen LogP) is 3.01. The second-order valence-corrected chi connectivity index (χ2v) is 7.56. The van der Waals surface area contributed by atoms with Crippen molar-refractivity contribution >= 4 is 22.0 Å². The van der Waals surface area contributed by atoms with Crippen LogP contribution in [-0.2, 0) is 13.2 Å². The summed E-state index contributed by atoms with van der Waals surface area (Å²) < 4.78 is 12.8. The van der Waals surface area contributed by atoms with Crippen LogP contribution < -0.4 is 15.2 Å². The maximum atomic E-state index is 11.4. The molecule has 0 radical (unpaired) electrons. The molecule has 0 aliphatic carbocycles. The fraction of sp³-hybridized carbons (Fsp3) is 0.261. The first kappa shape index (κ1) is 20.7. The number of hydrogen-bond donors (Lipinski definition) is 0. The van der Waals surface area contributed by atoms with E-state index in [0.29, 0.717) is 17.9 Å². The molecule has 0 saturated heterocycles. The van der Waals surface area contributed by atoms with Gasteiger partial charge in [-0.3, -0.25) is 4.68 Å². The van der Waals surface area contributed by atoms with Crippen LogP contribution in [0, 0.1) is 0 Å². The van der Waals surface area contributed by atoms with Crippen LogP contribution >= 0.6 is 0 Å². The maximum absolute atomic E-state index is 11.4. The van der Waals surface area contributed by atoms with Crippen molar-refractivity contribution in [3.05, 3.63) is 76.9 Å². The van der Waals surface area contributed by atoms with Crippen LogP contribution in [0.2, 0.25) is 0 Å². The van der Waals surface area contributed by atoms with Crippen LogP contribution in [0.1, 0.15) is 25.0 Å². The lowest BCUT2D eigenvalue weighted by molar-refractivity contribution is 0.0731. The summed E-state index contributed by atoms with van der Waals surface area (Å²) in [5.41, 5.74) is 2.47. The molecule has 0 bridgehead atoms. The van der Waals surface area contributed by atoms with E-state index in [2.05, 4.69) is 20.6 Å². The quantitative estimate of drug-likeness (QED) is 0.238. The van der Waals surface area contributed by atoms with E-state index < -0.39 is 0 Å². The van der Waals surface area contributed by atoms with Crippen LogP contribution in [0.15, 0.2) is 70.0 Å². The van der Waals surface area contributed by atoms with Gasteiger partial charge in [0.15, 0.2) is 6.61 Å². The molecule has 3 heterocycles. The van der Waals surface area contributed by atoms with Crippen molar-refractivity contribution in [1.29, 1.82) is 0 Å². The normalized spacial score (nSPS) is 11.3. The van der Waals surface area contributed by atoms with E-state index in [1.807, 2.05) is 47.3 Å². The molecule has 5 aromatic rings. The van der Waals surface area contributed by atoms with Gasteiger partial charge >= 0.3 is 5.63 Å². The molecular formula is C23H22N6O4. The highest BCUT2D eigenvalue weighted by Crippen LogP contribution is 2.19. The predicted molar refractivity (Wildman–Crippen MR) is 120 cm³/mol. The Bertz CT molecular complexity index is 1420. The van der Waals surface area contributed by atoms with Gasteiger partial charge in [-0.15, -0.1) is 10.2 Å². The summed E-state index contributed by atoms with van der Waals surface area (Å²) in [7, 11) is 0. The molecule has 168 valence electrons. The SMILES string of the molecule is O=c1ccc2ccc(OCCCCCn3cc(COn4nnc5ccccc54)nn3)cc2o1. The zero-order chi connectivity index (χ0) is 22.5. The first-order valence-corrected chi connectivity index (χ1v) is 10.7. The number of unbranched alkanes of at least 4 members (excludes halogenated alkanes) is 2. The minimum absolute atomic E-state index is 0.257. The lowest BCUT2D eigenvalue weighted by Crippen LogP contribution is -2.13.